The molecule has 0 saturated carbocycles. The zero-order valence-electron chi connectivity index (χ0n) is 10.0. The molecule has 0 bridgehead atoms. The first kappa shape index (κ1) is 14.3. The molecule has 2 aromatic carbocycles. The van der Waals surface area contributed by atoms with Crippen molar-refractivity contribution < 1.29 is 9.90 Å². The third-order valence-corrected chi connectivity index (χ3v) is 4.10. The van der Waals surface area contributed by atoms with Crippen LogP contribution in [0.15, 0.2) is 57.5 Å². The van der Waals surface area contributed by atoms with Crippen LogP contribution in [0.25, 0.3) is 0 Å². The molecule has 0 saturated heterocycles. The lowest BCUT2D eigenvalue weighted by atomic mass is 9.92. The number of carbonyl (C=O) groups is 1. The predicted octanol–water partition coefficient (Wildman–Crippen LogP) is 4.62. The Morgan fingerprint density at radius 2 is 1.79 bits per heavy atom. The van der Waals surface area contributed by atoms with Crippen LogP contribution in [0.1, 0.15) is 17.0 Å². The minimum Gasteiger partial charge on any atom is -0.481 e. The molecule has 4 heteroatoms. The van der Waals surface area contributed by atoms with Crippen LogP contribution < -0.4 is 0 Å². The van der Waals surface area contributed by atoms with Crippen LogP contribution in [-0.4, -0.2) is 11.1 Å². The van der Waals surface area contributed by atoms with E-state index in [-0.39, 0.29) is 0 Å². The van der Waals surface area contributed by atoms with Crippen LogP contribution in [0.5, 0.6) is 0 Å². The van der Waals surface area contributed by atoms with Crippen molar-refractivity contribution in [2.75, 3.05) is 0 Å². The molecule has 0 aliphatic heterocycles. The van der Waals surface area contributed by atoms with E-state index in [2.05, 4.69) is 31.9 Å². The van der Waals surface area contributed by atoms with Gasteiger partial charge in [-0.2, -0.15) is 0 Å². The lowest BCUT2D eigenvalue weighted by Gasteiger charge is -2.15. The molecule has 0 aliphatic carbocycles. The number of rotatable bonds is 4. The zero-order valence-corrected chi connectivity index (χ0v) is 13.2. The van der Waals surface area contributed by atoms with Crippen molar-refractivity contribution in [3.8, 4) is 0 Å². The number of carboxylic acids is 1. The quantitative estimate of drug-likeness (QED) is 0.836. The van der Waals surface area contributed by atoms with Crippen LogP contribution in [0.3, 0.4) is 0 Å². The van der Waals surface area contributed by atoms with Crippen LogP contribution in [0, 0.1) is 0 Å². The van der Waals surface area contributed by atoms with Gasteiger partial charge in [0, 0.05) is 8.95 Å². The van der Waals surface area contributed by atoms with Gasteiger partial charge in [0.2, 0.25) is 0 Å². The first-order valence-electron chi connectivity index (χ1n) is 5.79. The van der Waals surface area contributed by atoms with Crippen LogP contribution in [0.4, 0.5) is 0 Å². The molecule has 19 heavy (non-hydrogen) atoms. The molecule has 0 spiro atoms. The summed E-state index contributed by atoms with van der Waals surface area (Å²) in [5.41, 5.74) is 1.81. The Kier molecular flexibility index (Phi) is 4.77. The molecule has 2 nitrogen and oxygen atoms in total. The molecule has 0 heterocycles. The van der Waals surface area contributed by atoms with E-state index in [1.807, 2.05) is 48.5 Å². The van der Waals surface area contributed by atoms with Gasteiger partial charge in [0.1, 0.15) is 0 Å². The fourth-order valence-corrected chi connectivity index (χ4v) is 3.29. The first-order valence-corrected chi connectivity index (χ1v) is 7.38. The topological polar surface area (TPSA) is 37.3 Å². The third-order valence-electron chi connectivity index (χ3n) is 2.92. The summed E-state index contributed by atoms with van der Waals surface area (Å²) in [5, 5.41) is 9.45. The van der Waals surface area contributed by atoms with Crippen molar-refractivity contribution in [1.82, 2.24) is 0 Å². The largest absolute Gasteiger partial charge is 0.481 e. The first-order chi connectivity index (χ1) is 9.08. The fraction of sp³-hybridized carbons (Fsp3) is 0.133. The molecule has 0 amide bonds. The van der Waals surface area contributed by atoms with E-state index < -0.39 is 11.9 Å². The second kappa shape index (κ2) is 6.35. The Hall–Kier alpha value is -1.13. The highest BCUT2D eigenvalue weighted by Gasteiger charge is 2.22. The van der Waals surface area contributed by atoms with Crippen molar-refractivity contribution in [1.29, 1.82) is 0 Å². The van der Waals surface area contributed by atoms with Crippen molar-refractivity contribution in [3.63, 3.8) is 0 Å². The summed E-state index contributed by atoms with van der Waals surface area (Å²) >= 11 is 6.81. The number of halogens is 2. The lowest BCUT2D eigenvalue weighted by molar-refractivity contribution is -0.138. The summed E-state index contributed by atoms with van der Waals surface area (Å²) in [7, 11) is 0. The highest BCUT2D eigenvalue weighted by atomic mass is 79.9. The Balaban J connectivity index is 2.33. The SMILES string of the molecule is O=C(O)C(Cc1ccccc1)c1ccc(Br)cc1Br. The highest BCUT2D eigenvalue weighted by molar-refractivity contribution is 9.11. The van der Waals surface area contributed by atoms with Gasteiger partial charge in [-0.15, -0.1) is 0 Å². The van der Waals surface area contributed by atoms with Gasteiger partial charge in [-0.05, 0) is 29.7 Å². The maximum Gasteiger partial charge on any atom is 0.311 e. The normalized spacial score (nSPS) is 12.1. The molecular formula is C15H12Br2O2. The average Bonchev–Trinajstić information content (AvgIpc) is 2.38. The molecule has 2 rings (SSSR count). The van der Waals surface area contributed by atoms with Crippen LogP contribution in [0.2, 0.25) is 0 Å². The molecule has 1 N–H and O–H groups in total. The Morgan fingerprint density at radius 3 is 2.37 bits per heavy atom. The Labute approximate surface area is 128 Å². The summed E-state index contributed by atoms with van der Waals surface area (Å²) in [6, 6.07) is 15.2. The number of aliphatic carboxylic acids is 1. The number of hydrogen-bond donors (Lipinski definition) is 1. The van der Waals surface area contributed by atoms with E-state index in [4.69, 9.17) is 0 Å². The standard InChI is InChI=1S/C15H12Br2O2/c16-11-6-7-12(14(17)9-11)13(15(18)19)8-10-4-2-1-3-5-10/h1-7,9,13H,8H2,(H,18,19). The smallest absolute Gasteiger partial charge is 0.311 e. The van der Waals surface area contributed by atoms with Gasteiger partial charge in [-0.3, -0.25) is 4.79 Å². The second-order valence-corrected chi connectivity index (χ2v) is 6.02. The van der Waals surface area contributed by atoms with Gasteiger partial charge in [0.15, 0.2) is 0 Å². The Bertz CT molecular complexity index is 582. The molecule has 98 valence electrons. The van der Waals surface area contributed by atoms with Gasteiger partial charge in [-0.25, -0.2) is 0 Å². The van der Waals surface area contributed by atoms with Crippen molar-refractivity contribution in [2.24, 2.45) is 0 Å². The van der Waals surface area contributed by atoms with E-state index in [9.17, 15) is 9.90 Å². The molecule has 0 aliphatic rings. The van der Waals surface area contributed by atoms with E-state index in [1.54, 1.807) is 0 Å². The minimum absolute atomic E-state index is 0.483. The maximum absolute atomic E-state index is 11.5. The monoisotopic (exact) mass is 382 g/mol. The van der Waals surface area contributed by atoms with Gasteiger partial charge in [0.05, 0.1) is 5.92 Å². The van der Waals surface area contributed by atoms with E-state index >= 15 is 0 Å². The van der Waals surface area contributed by atoms with E-state index in [1.165, 1.54) is 0 Å². The summed E-state index contributed by atoms with van der Waals surface area (Å²) in [6.45, 7) is 0. The van der Waals surface area contributed by atoms with Crippen LogP contribution >= 0.6 is 31.9 Å². The fourth-order valence-electron chi connectivity index (χ4n) is 1.96. The highest BCUT2D eigenvalue weighted by Crippen LogP contribution is 2.30. The van der Waals surface area contributed by atoms with Gasteiger partial charge >= 0.3 is 5.97 Å². The van der Waals surface area contributed by atoms with Gasteiger partial charge < -0.3 is 5.11 Å². The molecule has 0 aromatic heterocycles. The van der Waals surface area contributed by atoms with Gasteiger partial charge in [0.25, 0.3) is 0 Å². The van der Waals surface area contributed by atoms with E-state index in [0.29, 0.717) is 6.42 Å². The molecule has 2 aromatic rings. The third kappa shape index (κ3) is 3.67. The predicted molar refractivity (Wildman–Crippen MR) is 82.4 cm³/mol. The average molecular weight is 384 g/mol. The van der Waals surface area contributed by atoms with Crippen molar-refractivity contribution in [2.45, 2.75) is 12.3 Å². The minimum atomic E-state index is -0.813. The summed E-state index contributed by atoms with van der Waals surface area (Å²) in [4.78, 5) is 11.5. The second-order valence-electron chi connectivity index (χ2n) is 4.25. The van der Waals surface area contributed by atoms with E-state index in [0.717, 1.165) is 20.1 Å². The lowest BCUT2D eigenvalue weighted by Crippen LogP contribution is -2.15. The number of benzene rings is 2. The summed E-state index contributed by atoms with van der Waals surface area (Å²) in [6.07, 6.45) is 0.483. The van der Waals surface area contributed by atoms with Crippen LogP contribution in [-0.2, 0) is 11.2 Å². The van der Waals surface area contributed by atoms with Crippen molar-refractivity contribution in [3.05, 3.63) is 68.6 Å². The maximum atomic E-state index is 11.5. The number of hydrogen-bond acceptors (Lipinski definition) is 1. The van der Waals surface area contributed by atoms with Gasteiger partial charge in [-0.1, -0.05) is 68.3 Å². The molecule has 1 unspecified atom stereocenters. The molecule has 0 fully saturated rings. The summed E-state index contributed by atoms with van der Waals surface area (Å²) < 4.78 is 1.73. The Morgan fingerprint density at radius 1 is 1.11 bits per heavy atom. The molecular weight excluding hydrogens is 372 g/mol. The number of carboxylic acid groups (broad SMARTS) is 1. The zero-order chi connectivity index (χ0) is 13.8. The summed E-state index contributed by atoms with van der Waals surface area (Å²) in [5.74, 6) is -1.36. The molecule has 0 radical (unpaired) electrons. The molecule has 1 atom stereocenters. The van der Waals surface area contributed by atoms with Crippen molar-refractivity contribution >= 4 is 37.8 Å².